The van der Waals surface area contributed by atoms with Gasteiger partial charge in [-0.05, 0) is 68.3 Å². The minimum absolute atomic E-state index is 0.0686. The van der Waals surface area contributed by atoms with E-state index < -0.39 is 0 Å². The van der Waals surface area contributed by atoms with Crippen LogP contribution in [-0.2, 0) is 0 Å². The molecule has 2 aromatic heterocycles. The molecule has 0 aliphatic carbocycles. The number of amides is 2. The number of carbonyl (C=O) groups is 1. The average molecular weight is 418 g/mol. The summed E-state index contributed by atoms with van der Waals surface area (Å²) in [5.41, 5.74) is 4.04. The van der Waals surface area contributed by atoms with Gasteiger partial charge in [-0.15, -0.1) is 10.2 Å². The highest BCUT2D eigenvalue weighted by Gasteiger charge is 2.22. The first kappa shape index (κ1) is 20.6. The van der Waals surface area contributed by atoms with Crippen molar-refractivity contribution in [1.82, 2.24) is 20.1 Å². The topological polar surface area (TPSA) is 86.3 Å². The second-order valence-electron chi connectivity index (χ2n) is 7.85. The predicted octanol–water partition coefficient (Wildman–Crippen LogP) is 3.89. The van der Waals surface area contributed by atoms with Crippen molar-refractivity contribution in [2.75, 3.05) is 41.7 Å². The number of hydrogen-bond donors (Lipinski definition) is 2. The van der Waals surface area contributed by atoms with E-state index >= 15 is 0 Å². The third kappa shape index (κ3) is 5.28. The molecule has 3 heterocycles. The van der Waals surface area contributed by atoms with Gasteiger partial charge < -0.3 is 20.4 Å². The summed E-state index contributed by atoms with van der Waals surface area (Å²) in [5.74, 6) is 2.19. The van der Waals surface area contributed by atoms with E-state index in [1.165, 1.54) is 0 Å². The fourth-order valence-corrected chi connectivity index (χ4v) is 3.69. The molecule has 0 spiro atoms. The maximum atomic E-state index is 12.6. The van der Waals surface area contributed by atoms with Gasteiger partial charge in [-0.1, -0.05) is 12.1 Å². The Kier molecular flexibility index (Phi) is 5.97. The van der Waals surface area contributed by atoms with E-state index in [-0.39, 0.29) is 6.03 Å². The molecule has 1 fully saturated rings. The van der Waals surface area contributed by atoms with Gasteiger partial charge in [0.05, 0.1) is 0 Å². The first-order valence-electron chi connectivity index (χ1n) is 10.4. The average Bonchev–Trinajstić information content (AvgIpc) is 2.74. The van der Waals surface area contributed by atoms with Crippen molar-refractivity contribution in [3.05, 3.63) is 65.4 Å². The maximum Gasteiger partial charge on any atom is 0.321 e. The standard InChI is InChI=1S/C23H27N7O/c1-16-13-17(2)15-19(14-16)25-23(31)30-11-9-29(10-12-30)22-8-7-21(27-28-22)26-20-6-4-5-18(3)24-20/h4-8,13-15H,9-12H2,1-3H3,(H,25,31)(H,24,26,27). The van der Waals surface area contributed by atoms with E-state index in [2.05, 4.69) is 36.8 Å². The molecule has 160 valence electrons. The van der Waals surface area contributed by atoms with Gasteiger partial charge in [0.1, 0.15) is 5.82 Å². The molecular weight excluding hydrogens is 390 g/mol. The summed E-state index contributed by atoms with van der Waals surface area (Å²) in [4.78, 5) is 21.0. The lowest BCUT2D eigenvalue weighted by molar-refractivity contribution is 0.208. The van der Waals surface area contributed by atoms with Gasteiger partial charge in [0, 0.05) is 37.6 Å². The minimum Gasteiger partial charge on any atom is -0.352 e. The van der Waals surface area contributed by atoms with E-state index in [1.807, 2.05) is 68.1 Å². The zero-order valence-electron chi connectivity index (χ0n) is 18.1. The maximum absolute atomic E-state index is 12.6. The second kappa shape index (κ2) is 8.99. The van der Waals surface area contributed by atoms with E-state index in [1.54, 1.807) is 0 Å². The van der Waals surface area contributed by atoms with Crippen LogP contribution < -0.4 is 15.5 Å². The Morgan fingerprint density at radius 3 is 2.26 bits per heavy atom. The summed E-state index contributed by atoms with van der Waals surface area (Å²) < 4.78 is 0. The Labute approximate surface area is 182 Å². The number of rotatable bonds is 4. The number of benzene rings is 1. The summed E-state index contributed by atoms with van der Waals surface area (Å²) in [7, 11) is 0. The third-order valence-corrected chi connectivity index (χ3v) is 5.16. The number of aromatic nitrogens is 3. The fourth-order valence-electron chi connectivity index (χ4n) is 3.69. The Morgan fingerprint density at radius 2 is 1.61 bits per heavy atom. The van der Waals surface area contributed by atoms with Crippen molar-refractivity contribution in [3.63, 3.8) is 0 Å². The zero-order valence-corrected chi connectivity index (χ0v) is 18.1. The number of hydrogen-bond acceptors (Lipinski definition) is 6. The quantitative estimate of drug-likeness (QED) is 0.670. The molecule has 31 heavy (non-hydrogen) atoms. The van der Waals surface area contributed by atoms with E-state index in [0.717, 1.165) is 34.1 Å². The number of piperazine rings is 1. The van der Waals surface area contributed by atoms with Crippen molar-refractivity contribution in [2.24, 2.45) is 0 Å². The van der Waals surface area contributed by atoms with Gasteiger partial charge in [-0.3, -0.25) is 0 Å². The van der Waals surface area contributed by atoms with Crippen molar-refractivity contribution < 1.29 is 4.79 Å². The number of urea groups is 1. The summed E-state index contributed by atoms with van der Waals surface area (Å²) >= 11 is 0. The third-order valence-electron chi connectivity index (χ3n) is 5.16. The zero-order chi connectivity index (χ0) is 21.8. The van der Waals surface area contributed by atoms with E-state index in [0.29, 0.717) is 32.0 Å². The first-order chi connectivity index (χ1) is 15.0. The Balaban J connectivity index is 1.31. The van der Waals surface area contributed by atoms with Crippen LogP contribution in [-0.4, -0.2) is 52.3 Å². The van der Waals surface area contributed by atoms with Crippen molar-refractivity contribution >= 4 is 29.2 Å². The highest BCUT2D eigenvalue weighted by atomic mass is 16.2. The SMILES string of the molecule is Cc1cc(C)cc(NC(=O)N2CCN(c3ccc(Nc4cccc(C)n4)nn3)CC2)c1. The van der Waals surface area contributed by atoms with Crippen LogP contribution >= 0.6 is 0 Å². The monoisotopic (exact) mass is 417 g/mol. The second-order valence-corrected chi connectivity index (χ2v) is 7.85. The van der Waals surface area contributed by atoms with Crippen LogP contribution in [0.3, 0.4) is 0 Å². The predicted molar refractivity (Wildman–Crippen MR) is 123 cm³/mol. The molecule has 1 aliphatic heterocycles. The van der Waals surface area contributed by atoms with Crippen LogP contribution in [0.5, 0.6) is 0 Å². The van der Waals surface area contributed by atoms with Crippen molar-refractivity contribution in [2.45, 2.75) is 20.8 Å². The Morgan fingerprint density at radius 1 is 0.871 bits per heavy atom. The van der Waals surface area contributed by atoms with E-state index in [4.69, 9.17) is 0 Å². The van der Waals surface area contributed by atoms with Crippen LogP contribution in [0.25, 0.3) is 0 Å². The highest BCUT2D eigenvalue weighted by Crippen LogP contribution is 2.18. The molecular formula is C23H27N7O. The highest BCUT2D eigenvalue weighted by molar-refractivity contribution is 5.89. The fraction of sp³-hybridized carbons (Fsp3) is 0.304. The lowest BCUT2D eigenvalue weighted by Crippen LogP contribution is -2.50. The normalized spacial score (nSPS) is 13.8. The molecule has 1 aromatic carbocycles. The molecule has 0 saturated carbocycles. The molecule has 2 N–H and O–H groups in total. The molecule has 8 nitrogen and oxygen atoms in total. The molecule has 1 aliphatic rings. The van der Waals surface area contributed by atoms with Gasteiger partial charge in [-0.2, -0.15) is 0 Å². The van der Waals surface area contributed by atoms with Crippen LogP contribution in [0.1, 0.15) is 16.8 Å². The van der Waals surface area contributed by atoms with Crippen LogP contribution in [0, 0.1) is 20.8 Å². The van der Waals surface area contributed by atoms with Crippen LogP contribution in [0.4, 0.5) is 27.9 Å². The van der Waals surface area contributed by atoms with Gasteiger partial charge in [0.2, 0.25) is 0 Å². The van der Waals surface area contributed by atoms with Gasteiger partial charge in [0.25, 0.3) is 0 Å². The smallest absolute Gasteiger partial charge is 0.321 e. The number of nitrogens with one attached hydrogen (secondary N) is 2. The minimum atomic E-state index is -0.0686. The van der Waals surface area contributed by atoms with Gasteiger partial charge in [0.15, 0.2) is 11.6 Å². The summed E-state index contributed by atoms with van der Waals surface area (Å²) in [6.45, 7) is 8.68. The number of anilines is 4. The van der Waals surface area contributed by atoms with Crippen LogP contribution in [0.15, 0.2) is 48.5 Å². The molecule has 1 saturated heterocycles. The summed E-state index contributed by atoms with van der Waals surface area (Å²) in [5, 5.41) is 14.8. The largest absolute Gasteiger partial charge is 0.352 e. The summed E-state index contributed by atoms with van der Waals surface area (Å²) in [6, 6.07) is 15.6. The molecule has 0 atom stereocenters. The lowest BCUT2D eigenvalue weighted by atomic mass is 10.1. The molecule has 4 rings (SSSR count). The number of nitrogens with zero attached hydrogens (tertiary/aromatic N) is 5. The van der Waals surface area contributed by atoms with E-state index in [9.17, 15) is 4.79 Å². The molecule has 0 radical (unpaired) electrons. The lowest BCUT2D eigenvalue weighted by Gasteiger charge is -2.35. The van der Waals surface area contributed by atoms with Crippen molar-refractivity contribution in [3.8, 4) is 0 Å². The number of carbonyl (C=O) groups excluding carboxylic acids is 1. The number of pyridine rings is 1. The molecule has 2 amide bonds. The number of aryl methyl sites for hydroxylation is 3. The Bertz CT molecular complexity index is 1040. The van der Waals surface area contributed by atoms with Crippen molar-refractivity contribution in [1.29, 1.82) is 0 Å². The molecule has 0 bridgehead atoms. The molecule has 3 aromatic rings. The molecule has 0 unspecified atom stereocenters. The first-order valence-corrected chi connectivity index (χ1v) is 10.4. The van der Waals surface area contributed by atoms with Gasteiger partial charge >= 0.3 is 6.03 Å². The van der Waals surface area contributed by atoms with Gasteiger partial charge in [-0.25, -0.2) is 9.78 Å². The van der Waals surface area contributed by atoms with Crippen LogP contribution in [0.2, 0.25) is 0 Å². The summed E-state index contributed by atoms with van der Waals surface area (Å²) in [6.07, 6.45) is 0. The Hall–Kier alpha value is -3.68. The molecule has 8 heteroatoms.